The van der Waals surface area contributed by atoms with Crippen molar-refractivity contribution in [3.05, 3.63) is 101 Å². The van der Waals surface area contributed by atoms with Gasteiger partial charge in [-0.1, -0.05) is 61.5 Å². The fraction of sp³-hybridized carbons (Fsp3) is 0.276. The summed E-state index contributed by atoms with van der Waals surface area (Å²) in [5, 5.41) is 0. The fourth-order valence-corrected chi connectivity index (χ4v) is 6.46. The minimum atomic E-state index is -0.609. The summed E-state index contributed by atoms with van der Waals surface area (Å²) >= 11 is 0. The third-order valence-electron chi connectivity index (χ3n) is 7.73. The van der Waals surface area contributed by atoms with Crippen LogP contribution in [0.3, 0.4) is 0 Å². The molecular formula is C29H25NO4. The second kappa shape index (κ2) is 7.13. The van der Waals surface area contributed by atoms with Gasteiger partial charge in [0.25, 0.3) is 0 Å². The Morgan fingerprint density at radius 3 is 2.12 bits per heavy atom. The standard InChI is InChI=1S/C29H25NO4/c1-16(2)34-28(33)17-9-8-10-18(15-17)30-26(31)24-23-19-11-4-6-13-21(19)29(3,25(24)27(30)32)22-14-7-5-12-20(22)23/h4-16,23-25H,1-3H3/t23?,24-,25+,29?/m1/s1. The monoisotopic (exact) mass is 451 g/mol. The fourth-order valence-electron chi connectivity index (χ4n) is 6.46. The summed E-state index contributed by atoms with van der Waals surface area (Å²) in [5.74, 6) is -2.03. The molecule has 0 unspecified atom stereocenters. The van der Waals surface area contributed by atoms with Crippen LogP contribution in [0.1, 0.15) is 59.3 Å². The summed E-state index contributed by atoms with van der Waals surface area (Å²) < 4.78 is 5.32. The van der Waals surface area contributed by atoms with Gasteiger partial charge in [0.15, 0.2) is 0 Å². The first-order valence-electron chi connectivity index (χ1n) is 11.7. The van der Waals surface area contributed by atoms with Crippen molar-refractivity contribution in [2.45, 2.75) is 38.2 Å². The molecule has 34 heavy (non-hydrogen) atoms. The number of ether oxygens (including phenoxy) is 1. The molecule has 0 saturated carbocycles. The van der Waals surface area contributed by atoms with Crippen LogP contribution >= 0.6 is 0 Å². The van der Waals surface area contributed by atoms with E-state index in [2.05, 4.69) is 31.2 Å². The normalized spacial score (nSPS) is 26.4. The highest BCUT2D eigenvalue weighted by molar-refractivity contribution is 6.24. The average molecular weight is 452 g/mol. The lowest BCUT2D eigenvalue weighted by atomic mass is 9.48. The summed E-state index contributed by atoms with van der Waals surface area (Å²) in [6.07, 6.45) is -0.262. The molecule has 4 aliphatic rings. The van der Waals surface area contributed by atoms with Crippen LogP contribution in [0, 0.1) is 11.8 Å². The van der Waals surface area contributed by atoms with Gasteiger partial charge in [-0.2, -0.15) is 0 Å². The van der Waals surface area contributed by atoms with Crippen LogP contribution in [0.5, 0.6) is 0 Å². The Labute approximate surface area is 198 Å². The van der Waals surface area contributed by atoms with Gasteiger partial charge >= 0.3 is 5.97 Å². The maximum atomic E-state index is 14.0. The van der Waals surface area contributed by atoms with E-state index < -0.39 is 23.2 Å². The molecule has 5 nitrogen and oxygen atoms in total. The van der Waals surface area contributed by atoms with Crippen molar-refractivity contribution in [3.63, 3.8) is 0 Å². The van der Waals surface area contributed by atoms with Gasteiger partial charge in [0, 0.05) is 11.3 Å². The molecular weight excluding hydrogens is 426 g/mol. The number of amides is 2. The van der Waals surface area contributed by atoms with Gasteiger partial charge in [-0.05, 0) is 54.3 Å². The molecule has 2 atom stereocenters. The molecule has 0 N–H and O–H groups in total. The average Bonchev–Trinajstić information content (AvgIpc) is 3.10. The molecule has 0 radical (unpaired) electrons. The van der Waals surface area contributed by atoms with Crippen molar-refractivity contribution in [1.29, 1.82) is 0 Å². The molecule has 7 rings (SSSR count). The highest BCUT2D eigenvalue weighted by atomic mass is 16.5. The molecule has 1 aliphatic heterocycles. The summed E-state index contributed by atoms with van der Waals surface area (Å²) in [5.41, 5.74) is 4.63. The predicted octanol–water partition coefficient (Wildman–Crippen LogP) is 4.82. The zero-order valence-corrected chi connectivity index (χ0v) is 19.3. The quantitative estimate of drug-likeness (QED) is 0.423. The maximum absolute atomic E-state index is 14.0. The van der Waals surface area contributed by atoms with E-state index in [1.165, 1.54) is 4.90 Å². The van der Waals surface area contributed by atoms with Crippen LogP contribution in [0.15, 0.2) is 72.8 Å². The number of anilines is 1. The second-order valence-corrected chi connectivity index (χ2v) is 9.87. The van der Waals surface area contributed by atoms with Crippen LogP contribution in [0.2, 0.25) is 0 Å². The minimum absolute atomic E-state index is 0.172. The van der Waals surface area contributed by atoms with Crippen molar-refractivity contribution in [2.24, 2.45) is 11.8 Å². The first-order chi connectivity index (χ1) is 16.3. The topological polar surface area (TPSA) is 63.7 Å². The number of esters is 1. The summed E-state index contributed by atoms with van der Waals surface area (Å²) in [6.45, 7) is 5.67. The number of imide groups is 1. The highest BCUT2D eigenvalue weighted by Gasteiger charge is 2.66. The lowest BCUT2D eigenvalue weighted by molar-refractivity contribution is -0.123. The maximum Gasteiger partial charge on any atom is 0.338 e. The van der Waals surface area contributed by atoms with Gasteiger partial charge in [0.05, 0.1) is 29.2 Å². The third-order valence-corrected chi connectivity index (χ3v) is 7.73. The first-order valence-corrected chi connectivity index (χ1v) is 11.7. The van der Waals surface area contributed by atoms with E-state index in [-0.39, 0.29) is 23.8 Å². The molecule has 5 heteroatoms. The Hall–Kier alpha value is -3.73. The van der Waals surface area contributed by atoms with E-state index in [0.29, 0.717) is 11.3 Å². The zero-order chi connectivity index (χ0) is 23.8. The van der Waals surface area contributed by atoms with E-state index in [9.17, 15) is 14.4 Å². The number of carbonyl (C=O) groups excluding carboxylic acids is 3. The van der Waals surface area contributed by atoms with Gasteiger partial charge in [0.1, 0.15) is 0 Å². The first kappa shape index (κ1) is 20.8. The SMILES string of the molecule is CC(C)OC(=O)c1cccc(N2C(=O)[C@@H]3C4c5ccccc5C(C)(c5ccccc54)[C@@H]3C2=O)c1. The molecule has 0 spiro atoms. The van der Waals surface area contributed by atoms with Crippen molar-refractivity contribution < 1.29 is 19.1 Å². The molecule has 1 saturated heterocycles. The predicted molar refractivity (Wildman–Crippen MR) is 128 cm³/mol. The molecule has 1 heterocycles. The van der Waals surface area contributed by atoms with Crippen LogP contribution in [-0.4, -0.2) is 23.9 Å². The summed E-state index contributed by atoms with van der Waals surface area (Å²) in [6, 6.07) is 23.0. The largest absolute Gasteiger partial charge is 0.459 e. The lowest BCUT2D eigenvalue weighted by Crippen LogP contribution is -2.51. The Morgan fingerprint density at radius 1 is 0.882 bits per heavy atom. The summed E-state index contributed by atoms with van der Waals surface area (Å²) in [4.78, 5) is 41.7. The Kier molecular flexibility index (Phi) is 4.37. The molecule has 170 valence electrons. The molecule has 3 aliphatic carbocycles. The molecule has 2 bridgehead atoms. The van der Waals surface area contributed by atoms with Gasteiger partial charge in [0.2, 0.25) is 11.8 Å². The minimum Gasteiger partial charge on any atom is -0.459 e. The lowest BCUT2D eigenvalue weighted by Gasteiger charge is -2.52. The third kappa shape index (κ3) is 2.58. The van der Waals surface area contributed by atoms with Gasteiger partial charge in [-0.15, -0.1) is 0 Å². The molecule has 2 amide bonds. The number of benzene rings is 3. The van der Waals surface area contributed by atoms with Gasteiger partial charge in [-0.25, -0.2) is 9.69 Å². The van der Waals surface area contributed by atoms with E-state index in [0.717, 1.165) is 22.3 Å². The second-order valence-electron chi connectivity index (χ2n) is 9.87. The van der Waals surface area contributed by atoms with Gasteiger partial charge < -0.3 is 4.74 Å². The summed E-state index contributed by atoms with van der Waals surface area (Å²) in [7, 11) is 0. The number of carbonyl (C=O) groups is 3. The molecule has 0 aromatic heterocycles. The van der Waals surface area contributed by atoms with Crippen LogP contribution in [0.4, 0.5) is 5.69 Å². The van der Waals surface area contributed by atoms with Crippen molar-refractivity contribution >= 4 is 23.5 Å². The van der Waals surface area contributed by atoms with Crippen LogP contribution in [0.25, 0.3) is 0 Å². The van der Waals surface area contributed by atoms with E-state index in [4.69, 9.17) is 4.74 Å². The van der Waals surface area contributed by atoms with Crippen molar-refractivity contribution in [1.82, 2.24) is 0 Å². The van der Waals surface area contributed by atoms with E-state index in [1.807, 2.05) is 24.3 Å². The zero-order valence-electron chi connectivity index (χ0n) is 19.3. The molecule has 3 aromatic carbocycles. The Morgan fingerprint density at radius 2 is 1.50 bits per heavy atom. The Bertz CT molecular complexity index is 1330. The molecule has 3 aromatic rings. The number of nitrogens with zero attached hydrogens (tertiary/aromatic N) is 1. The van der Waals surface area contributed by atoms with Crippen molar-refractivity contribution in [2.75, 3.05) is 4.90 Å². The Balaban J connectivity index is 1.49. The van der Waals surface area contributed by atoms with Crippen LogP contribution < -0.4 is 4.90 Å². The highest BCUT2D eigenvalue weighted by Crippen LogP contribution is 2.64. The van der Waals surface area contributed by atoms with Gasteiger partial charge in [-0.3, -0.25) is 9.59 Å². The molecule has 1 fully saturated rings. The van der Waals surface area contributed by atoms with Crippen LogP contribution in [-0.2, 0) is 19.7 Å². The van der Waals surface area contributed by atoms with E-state index in [1.54, 1.807) is 38.1 Å². The number of hydrogen-bond acceptors (Lipinski definition) is 4. The number of rotatable bonds is 3. The van der Waals surface area contributed by atoms with Crippen molar-refractivity contribution in [3.8, 4) is 0 Å². The smallest absolute Gasteiger partial charge is 0.338 e. The van der Waals surface area contributed by atoms with E-state index >= 15 is 0 Å². The number of hydrogen-bond donors (Lipinski definition) is 0.